The van der Waals surface area contributed by atoms with E-state index in [9.17, 15) is 4.79 Å². The Bertz CT molecular complexity index is 501. The summed E-state index contributed by atoms with van der Waals surface area (Å²) in [5, 5.41) is 3.12. The molecule has 2 fully saturated rings. The van der Waals surface area contributed by atoms with Crippen molar-refractivity contribution >= 4 is 17.7 Å². The van der Waals surface area contributed by atoms with Gasteiger partial charge in [0.2, 0.25) is 0 Å². The third-order valence-electron chi connectivity index (χ3n) is 4.43. The second-order valence-electron chi connectivity index (χ2n) is 6.22. The molecule has 3 nitrogen and oxygen atoms in total. The molecule has 1 aromatic carbocycles. The Kier molecular flexibility index (Phi) is 4.86. The van der Waals surface area contributed by atoms with Gasteiger partial charge in [0, 0.05) is 30.4 Å². The van der Waals surface area contributed by atoms with Gasteiger partial charge in [-0.05, 0) is 55.7 Å². The van der Waals surface area contributed by atoms with Crippen molar-refractivity contribution in [1.29, 1.82) is 0 Å². The van der Waals surface area contributed by atoms with Crippen LogP contribution in [0.3, 0.4) is 0 Å². The van der Waals surface area contributed by atoms with E-state index >= 15 is 0 Å². The smallest absolute Gasteiger partial charge is 0.251 e. The molecule has 21 heavy (non-hydrogen) atoms. The van der Waals surface area contributed by atoms with Crippen LogP contribution in [0.2, 0.25) is 0 Å². The van der Waals surface area contributed by atoms with Crippen LogP contribution < -0.4 is 5.32 Å². The van der Waals surface area contributed by atoms with E-state index < -0.39 is 0 Å². The molecule has 1 heterocycles. The SMILES string of the molecule is CSCc1cccc(C(=O)NC[C@@H]2CCN(C3CC3)C2)c1. The van der Waals surface area contributed by atoms with E-state index in [-0.39, 0.29) is 5.91 Å². The van der Waals surface area contributed by atoms with Crippen molar-refractivity contribution in [3.05, 3.63) is 35.4 Å². The van der Waals surface area contributed by atoms with Crippen LogP contribution in [0, 0.1) is 5.92 Å². The number of carbonyl (C=O) groups excluding carboxylic acids is 1. The summed E-state index contributed by atoms with van der Waals surface area (Å²) in [5.74, 6) is 1.66. The Morgan fingerprint density at radius 1 is 1.38 bits per heavy atom. The number of likely N-dealkylation sites (tertiary alicyclic amines) is 1. The number of benzene rings is 1. The topological polar surface area (TPSA) is 32.3 Å². The largest absolute Gasteiger partial charge is 0.352 e. The maximum Gasteiger partial charge on any atom is 0.251 e. The van der Waals surface area contributed by atoms with Crippen LogP contribution >= 0.6 is 11.8 Å². The highest BCUT2D eigenvalue weighted by molar-refractivity contribution is 7.97. The first kappa shape index (κ1) is 14.9. The first-order valence-electron chi connectivity index (χ1n) is 7.86. The zero-order chi connectivity index (χ0) is 14.7. The minimum Gasteiger partial charge on any atom is -0.352 e. The zero-order valence-electron chi connectivity index (χ0n) is 12.7. The Morgan fingerprint density at radius 2 is 2.24 bits per heavy atom. The van der Waals surface area contributed by atoms with Crippen molar-refractivity contribution in [3.63, 3.8) is 0 Å². The van der Waals surface area contributed by atoms with Crippen LogP contribution in [0.15, 0.2) is 24.3 Å². The molecule has 0 unspecified atom stereocenters. The molecule has 1 N–H and O–H groups in total. The Labute approximate surface area is 131 Å². The van der Waals surface area contributed by atoms with Gasteiger partial charge in [0.05, 0.1) is 0 Å². The second kappa shape index (κ2) is 6.84. The molecule has 1 aliphatic carbocycles. The van der Waals surface area contributed by atoms with Crippen molar-refractivity contribution in [2.24, 2.45) is 5.92 Å². The first-order valence-corrected chi connectivity index (χ1v) is 9.26. The van der Waals surface area contributed by atoms with Crippen molar-refractivity contribution in [2.75, 3.05) is 25.9 Å². The lowest BCUT2D eigenvalue weighted by molar-refractivity contribution is 0.0947. The number of rotatable bonds is 6. The predicted molar refractivity (Wildman–Crippen MR) is 88.7 cm³/mol. The molecule has 1 aliphatic heterocycles. The van der Waals surface area contributed by atoms with Gasteiger partial charge in [0.1, 0.15) is 0 Å². The highest BCUT2D eigenvalue weighted by Gasteiger charge is 2.34. The third kappa shape index (κ3) is 4.01. The zero-order valence-corrected chi connectivity index (χ0v) is 13.5. The molecule has 3 rings (SSSR count). The van der Waals surface area contributed by atoms with Gasteiger partial charge in [-0.25, -0.2) is 0 Å². The molecule has 1 saturated carbocycles. The number of nitrogens with one attached hydrogen (secondary N) is 1. The van der Waals surface area contributed by atoms with E-state index in [1.54, 1.807) is 11.8 Å². The van der Waals surface area contributed by atoms with Gasteiger partial charge >= 0.3 is 0 Å². The quantitative estimate of drug-likeness (QED) is 0.877. The third-order valence-corrected chi connectivity index (χ3v) is 5.05. The summed E-state index contributed by atoms with van der Waals surface area (Å²) in [6.07, 6.45) is 6.06. The van der Waals surface area contributed by atoms with Crippen LogP contribution in [0.25, 0.3) is 0 Å². The Hall–Kier alpha value is -1.00. The summed E-state index contributed by atoms with van der Waals surface area (Å²) in [6.45, 7) is 3.20. The highest BCUT2D eigenvalue weighted by Crippen LogP contribution is 2.31. The van der Waals surface area contributed by atoms with Crippen LogP contribution in [0.5, 0.6) is 0 Å². The van der Waals surface area contributed by atoms with E-state index in [4.69, 9.17) is 0 Å². The van der Waals surface area contributed by atoms with E-state index in [0.717, 1.165) is 30.4 Å². The van der Waals surface area contributed by atoms with Crippen LogP contribution in [0.4, 0.5) is 0 Å². The van der Waals surface area contributed by atoms with E-state index in [2.05, 4.69) is 22.5 Å². The van der Waals surface area contributed by atoms with Crippen molar-refractivity contribution in [3.8, 4) is 0 Å². The van der Waals surface area contributed by atoms with E-state index in [0.29, 0.717) is 5.92 Å². The van der Waals surface area contributed by atoms with Crippen LogP contribution in [0.1, 0.15) is 35.2 Å². The van der Waals surface area contributed by atoms with Crippen LogP contribution in [-0.2, 0) is 5.75 Å². The summed E-state index contributed by atoms with van der Waals surface area (Å²) in [7, 11) is 0. The average molecular weight is 304 g/mol. The molecule has 1 saturated heterocycles. The fourth-order valence-electron chi connectivity index (χ4n) is 3.11. The number of thioether (sulfide) groups is 1. The highest BCUT2D eigenvalue weighted by atomic mass is 32.2. The Balaban J connectivity index is 1.48. The summed E-state index contributed by atoms with van der Waals surface area (Å²) < 4.78 is 0. The van der Waals surface area contributed by atoms with Gasteiger partial charge in [-0.2, -0.15) is 11.8 Å². The molecule has 2 aliphatic rings. The monoisotopic (exact) mass is 304 g/mol. The van der Waals surface area contributed by atoms with E-state index in [1.807, 2.05) is 18.2 Å². The number of hydrogen-bond acceptors (Lipinski definition) is 3. The average Bonchev–Trinajstić information content (AvgIpc) is 3.24. The molecule has 1 atom stereocenters. The maximum atomic E-state index is 12.3. The number of hydrogen-bond donors (Lipinski definition) is 1. The lowest BCUT2D eigenvalue weighted by Crippen LogP contribution is -2.31. The number of nitrogens with zero attached hydrogens (tertiary/aromatic N) is 1. The second-order valence-corrected chi connectivity index (χ2v) is 7.09. The summed E-state index contributed by atoms with van der Waals surface area (Å²) in [6, 6.07) is 8.83. The first-order chi connectivity index (χ1) is 10.3. The fourth-order valence-corrected chi connectivity index (χ4v) is 3.62. The molecule has 0 spiro atoms. The maximum absolute atomic E-state index is 12.3. The molecule has 114 valence electrons. The van der Waals surface area contributed by atoms with Gasteiger partial charge in [-0.3, -0.25) is 4.79 Å². The molecule has 0 aromatic heterocycles. The van der Waals surface area contributed by atoms with Crippen LogP contribution in [-0.4, -0.2) is 42.7 Å². The van der Waals surface area contributed by atoms with E-state index in [1.165, 1.54) is 31.4 Å². The van der Waals surface area contributed by atoms with Crippen molar-refractivity contribution in [2.45, 2.75) is 31.1 Å². The minimum atomic E-state index is 0.0721. The standard InChI is InChI=1S/C17H24N2OS/c1-21-12-13-3-2-4-15(9-13)17(20)18-10-14-7-8-19(11-14)16-5-6-16/h2-4,9,14,16H,5-8,10-12H2,1H3,(H,18,20)/t14-/m0/s1. The summed E-state index contributed by atoms with van der Waals surface area (Å²) in [5.41, 5.74) is 2.01. The Morgan fingerprint density at radius 3 is 3.00 bits per heavy atom. The summed E-state index contributed by atoms with van der Waals surface area (Å²) in [4.78, 5) is 14.8. The van der Waals surface area contributed by atoms with Gasteiger partial charge in [-0.1, -0.05) is 12.1 Å². The fraction of sp³-hybridized carbons (Fsp3) is 0.588. The predicted octanol–water partition coefficient (Wildman–Crippen LogP) is 2.76. The van der Waals surface area contributed by atoms with Gasteiger partial charge in [0.25, 0.3) is 5.91 Å². The van der Waals surface area contributed by atoms with Gasteiger partial charge in [0.15, 0.2) is 0 Å². The summed E-state index contributed by atoms with van der Waals surface area (Å²) >= 11 is 1.78. The van der Waals surface area contributed by atoms with Crippen molar-refractivity contribution < 1.29 is 4.79 Å². The number of amides is 1. The van der Waals surface area contributed by atoms with Crippen molar-refractivity contribution in [1.82, 2.24) is 10.2 Å². The molecule has 0 radical (unpaired) electrons. The molecular weight excluding hydrogens is 280 g/mol. The molecule has 0 bridgehead atoms. The lowest BCUT2D eigenvalue weighted by atomic mass is 10.1. The molecular formula is C17H24N2OS. The normalized spacial score (nSPS) is 22.4. The molecule has 1 amide bonds. The van der Waals surface area contributed by atoms with Gasteiger partial charge < -0.3 is 10.2 Å². The van der Waals surface area contributed by atoms with Gasteiger partial charge in [-0.15, -0.1) is 0 Å². The molecule has 4 heteroatoms. The minimum absolute atomic E-state index is 0.0721. The molecule has 1 aromatic rings. The number of carbonyl (C=O) groups is 1. The lowest BCUT2D eigenvalue weighted by Gasteiger charge is -2.15.